The number of aromatic nitrogens is 1. The molecule has 2 aromatic rings. The Bertz CT molecular complexity index is 469. The first-order chi connectivity index (χ1) is 7.69. The van der Waals surface area contributed by atoms with Crippen LogP contribution in [0.4, 0.5) is 0 Å². The van der Waals surface area contributed by atoms with Crippen molar-refractivity contribution in [2.24, 2.45) is 5.73 Å². The topological polar surface area (TPSA) is 59.1 Å². The molecule has 2 rings (SSSR count). The van der Waals surface area contributed by atoms with Crippen molar-refractivity contribution in [2.45, 2.75) is 12.5 Å². The maximum atomic E-state index is 8.87. The van der Waals surface area contributed by atoms with Crippen molar-refractivity contribution in [3.05, 3.63) is 26.3 Å². The minimum Gasteiger partial charge on any atom is -0.395 e. The third-order valence-electron chi connectivity index (χ3n) is 2.04. The predicted octanol–water partition coefficient (Wildman–Crippen LogP) is 2.50. The molecule has 16 heavy (non-hydrogen) atoms. The highest BCUT2D eigenvalue weighted by Gasteiger charge is 2.09. The van der Waals surface area contributed by atoms with Gasteiger partial charge in [0, 0.05) is 27.7 Å². The number of aliphatic hydroxyl groups excluding tert-OH is 1. The lowest BCUT2D eigenvalue weighted by molar-refractivity contribution is 0.265. The van der Waals surface area contributed by atoms with E-state index in [0.717, 1.165) is 20.1 Å². The second-order valence-corrected chi connectivity index (χ2v) is 6.17. The summed E-state index contributed by atoms with van der Waals surface area (Å²) in [5.74, 6) is 0. The number of rotatable bonds is 4. The van der Waals surface area contributed by atoms with Gasteiger partial charge in [0.05, 0.1) is 22.2 Å². The van der Waals surface area contributed by atoms with E-state index < -0.39 is 0 Å². The van der Waals surface area contributed by atoms with Crippen LogP contribution in [0.5, 0.6) is 0 Å². The van der Waals surface area contributed by atoms with E-state index in [9.17, 15) is 0 Å². The number of thiazole rings is 1. The molecule has 0 bridgehead atoms. The number of nitrogens with two attached hydrogens (primary N) is 1. The van der Waals surface area contributed by atoms with Gasteiger partial charge in [-0.2, -0.15) is 0 Å². The summed E-state index contributed by atoms with van der Waals surface area (Å²) in [5.41, 5.74) is 6.66. The molecule has 0 aromatic carbocycles. The summed E-state index contributed by atoms with van der Waals surface area (Å²) in [5, 5.41) is 13.9. The molecule has 0 amide bonds. The lowest BCUT2D eigenvalue weighted by atomic mass is 10.2. The molecular formula is C10H11BrN2OS2. The van der Waals surface area contributed by atoms with Crippen molar-refractivity contribution in [3.8, 4) is 10.6 Å². The first-order valence-corrected chi connectivity index (χ1v) is 7.29. The summed E-state index contributed by atoms with van der Waals surface area (Å²) >= 11 is 6.66. The molecular weight excluding hydrogens is 308 g/mol. The van der Waals surface area contributed by atoms with Crippen molar-refractivity contribution in [1.82, 2.24) is 4.98 Å². The van der Waals surface area contributed by atoms with E-state index in [1.807, 2.05) is 10.8 Å². The SMILES string of the molecule is NC(CO)Cc1nc(-c2cc(Br)cs2)cs1. The molecule has 0 aliphatic carbocycles. The van der Waals surface area contributed by atoms with Crippen LogP contribution in [0.15, 0.2) is 21.3 Å². The van der Waals surface area contributed by atoms with Crippen LogP contribution in [-0.2, 0) is 6.42 Å². The third kappa shape index (κ3) is 2.89. The van der Waals surface area contributed by atoms with Crippen LogP contribution in [0.2, 0.25) is 0 Å². The van der Waals surface area contributed by atoms with Crippen LogP contribution in [0.1, 0.15) is 5.01 Å². The van der Waals surface area contributed by atoms with Crippen LogP contribution in [0.3, 0.4) is 0 Å². The quantitative estimate of drug-likeness (QED) is 0.910. The zero-order valence-corrected chi connectivity index (χ0v) is 11.6. The molecule has 0 aliphatic rings. The number of hydrogen-bond donors (Lipinski definition) is 2. The van der Waals surface area contributed by atoms with Gasteiger partial charge in [0.25, 0.3) is 0 Å². The molecule has 0 spiro atoms. The number of halogens is 1. The molecule has 2 heterocycles. The smallest absolute Gasteiger partial charge is 0.0949 e. The molecule has 0 saturated carbocycles. The lowest BCUT2D eigenvalue weighted by Gasteiger charge is -2.03. The fraction of sp³-hybridized carbons (Fsp3) is 0.300. The van der Waals surface area contributed by atoms with Crippen molar-refractivity contribution >= 4 is 38.6 Å². The summed E-state index contributed by atoms with van der Waals surface area (Å²) in [6.45, 7) is -0.000532. The predicted molar refractivity (Wildman–Crippen MR) is 71.9 cm³/mol. The molecule has 3 nitrogen and oxygen atoms in total. The van der Waals surface area contributed by atoms with Crippen LogP contribution >= 0.6 is 38.6 Å². The van der Waals surface area contributed by atoms with E-state index in [0.29, 0.717) is 6.42 Å². The van der Waals surface area contributed by atoms with Gasteiger partial charge in [0.15, 0.2) is 0 Å². The highest BCUT2D eigenvalue weighted by atomic mass is 79.9. The standard InChI is InChI=1S/C10H11BrN2OS2/c11-6-1-9(15-4-6)8-5-16-10(13-8)2-7(12)3-14/h1,4-5,7,14H,2-3,12H2. The zero-order valence-electron chi connectivity index (χ0n) is 8.39. The molecule has 2 aromatic heterocycles. The Kier molecular flexibility index (Phi) is 4.10. The molecule has 86 valence electrons. The van der Waals surface area contributed by atoms with E-state index in [-0.39, 0.29) is 12.6 Å². The third-order valence-corrected chi connectivity index (χ3v) is 4.63. The Morgan fingerprint density at radius 1 is 1.44 bits per heavy atom. The van der Waals surface area contributed by atoms with Gasteiger partial charge in [-0.05, 0) is 22.0 Å². The monoisotopic (exact) mass is 318 g/mol. The molecule has 0 aliphatic heterocycles. The highest BCUT2D eigenvalue weighted by Crippen LogP contribution is 2.30. The molecule has 1 atom stereocenters. The van der Waals surface area contributed by atoms with Crippen LogP contribution < -0.4 is 5.73 Å². The van der Waals surface area contributed by atoms with Crippen LogP contribution in [0.25, 0.3) is 10.6 Å². The summed E-state index contributed by atoms with van der Waals surface area (Å²) in [6.07, 6.45) is 0.633. The number of aliphatic hydroxyl groups is 1. The van der Waals surface area contributed by atoms with Crippen molar-refractivity contribution in [2.75, 3.05) is 6.61 Å². The minimum atomic E-state index is -0.214. The largest absolute Gasteiger partial charge is 0.395 e. The first kappa shape index (κ1) is 12.2. The van der Waals surface area contributed by atoms with Gasteiger partial charge in [-0.15, -0.1) is 22.7 Å². The Balaban J connectivity index is 2.13. The molecule has 6 heteroatoms. The Morgan fingerprint density at radius 2 is 2.25 bits per heavy atom. The zero-order chi connectivity index (χ0) is 11.5. The average Bonchev–Trinajstić information content (AvgIpc) is 2.87. The Morgan fingerprint density at radius 3 is 2.88 bits per heavy atom. The summed E-state index contributed by atoms with van der Waals surface area (Å²) in [4.78, 5) is 5.64. The Labute approximate surface area is 110 Å². The van der Waals surface area contributed by atoms with E-state index >= 15 is 0 Å². The van der Waals surface area contributed by atoms with Crippen molar-refractivity contribution < 1.29 is 5.11 Å². The fourth-order valence-corrected chi connectivity index (χ4v) is 3.61. The molecule has 0 saturated heterocycles. The summed E-state index contributed by atoms with van der Waals surface area (Å²) < 4.78 is 1.08. The number of thiophene rings is 1. The van der Waals surface area contributed by atoms with E-state index in [1.54, 1.807) is 22.7 Å². The van der Waals surface area contributed by atoms with E-state index in [4.69, 9.17) is 10.8 Å². The van der Waals surface area contributed by atoms with Gasteiger partial charge in [-0.3, -0.25) is 0 Å². The summed E-state index contributed by atoms with van der Waals surface area (Å²) in [7, 11) is 0. The van der Waals surface area contributed by atoms with E-state index in [1.165, 1.54) is 0 Å². The average molecular weight is 319 g/mol. The maximum absolute atomic E-state index is 8.87. The highest BCUT2D eigenvalue weighted by molar-refractivity contribution is 9.10. The number of hydrogen-bond acceptors (Lipinski definition) is 5. The summed E-state index contributed by atoms with van der Waals surface area (Å²) in [6, 6.07) is 1.84. The minimum absolute atomic E-state index is 0.000532. The van der Waals surface area contributed by atoms with Crippen molar-refractivity contribution in [3.63, 3.8) is 0 Å². The van der Waals surface area contributed by atoms with Gasteiger partial charge in [-0.1, -0.05) is 0 Å². The second-order valence-electron chi connectivity index (χ2n) is 3.40. The Hall–Kier alpha value is -0.270. The van der Waals surface area contributed by atoms with Gasteiger partial charge >= 0.3 is 0 Å². The lowest BCUT2D eigenvalue weighted by Crippen LogP contribution is -2.26. The maximum Gasteiger partial charge on any atom is 0.0949 e. The first-order valence-electron chi connectivity index (χ1n) is 4.74. The van der Waals surface area contributed by atoms with Gasteiger partial charge in [0.2, 0.25) is 0 Å². The molecule has 3 N–H and O–H groups in total. The van der Waals surface area contributed by atoms with Gasteiger partial charge < -0.3 is 10.8 Å². The van der Waals surface area contributed by atoms with Gasteiger partial charge in [-0.25, -0.2) is 4.98 Å². The molecule has 1 unspecified atom stereocenters. The van der Waals surface area contributed by atoms with Crippen molar-refractivity contribution in [1.29, 1.82) is 0 Å². The van der Waals surface area contributed by atoms with E-state index in [2.05, 4.69) is 27.0 Å². The second kappa shape index (κ2) is 5.37. The molecule has 0 fully saturated rings. The normalized spacial score (nSPS) is 12.9. The van der Waals surface area contributed by atoms with Gasteiger partial charge in [0.1, 0.15) is 0 Å². The fourth-order valence-electron chi connectivity index (χ4n) is 1.25. The molecule has 0 radical (unpaired) electrons. The van der Waals surface area contributed by atoms with Crippen LogP contribution in [-0.4, -0.2) is 22.7 Å². The number of nitrogens with zero attached hydrogens (tertiary/aromatic N) is 1. The van der Waals surface area contributed by atoms with Crippen LogP contribution in [0, 0.1) is 0 Å².